The second-order valence-electron chi connectivity index (χ2n) is 7.82. The Balaban J connectivity index is 1.53. The lowest BCUT2D eigenvalue weighted by atomic mass is 9.86. The van der Waals surface area contributed by atoms with E-state index in [0.717, 1.165) is 36.4 Å². The number of carbonyl (C=O) groups is 1. The van der Waals surface area contributed by atoms with Gasteiger partial charge < -0.3 is 10.1 Å². The Morgan fingerprint density at radius 2 is 2.19 bits per heavy atom. The fourth-order valence-electron chi connectivity index (χ4n) is 3.48. The van der Waals surface area contributed by atoms with Crippen molar-refractivity contribution in [2.24, 2.45) is 0 Å². The number of anilines is 1. The predicted molar refractivity (Wildman–Crippen MR) is 101 cm³/mol. The summed E-state index contributed by atoms with van der Waals surface area (Å²) >= 11 is 0. The van der Waals surface area contributed by atoms with Crippen LogP contribution >= 0.6 is 0 Å². The van der Waals surface area contributed by atoms with Crippen LogP contribution in [0, 0.1) is 13.8 Å². The van der Waals surface area contributed by atoms with Gasteiger partial charge in [-0.15, -0.1) is 5.10 Å². The molecule has 2 aromatic rings. The molecule has 1 N–H and O–H groups in total. The number of aromatic nitrogens is 3. The van der Waals surface area contributed by atoms with Crippen molar-refractivity contribution in [2.75, 3.05) is 11.9 Å². The minimum absolute atomic E-state index is 0.0128. The first-order chi connectivity index (χ1) is 12.3. The highest BCUT2D eigenvalue weighted by atomic mass is 16.5. The van der Waals surface area contributed by atoms with Gasteiger partial charge >= 0.3 is 0 Å². The third kappa shape index (κ3) is 4.69. The van der Waals surface area contributed by atoms with Crippen LogP contribution in [-0.4, -0.2) is 33.1 Å². The third-order valence-corrected chi connectivity index (χ3v) is 4.90. The monoisotopic (exact) mass is 356 g/mol. The Morgan fingerprint density at radius 3 is 2.92 bits per heavy atom. The summed E-state index contributed by atoms with van der Waals surface area (Å²) in [5, 5.41) is 11.5. The molecule has 0 spiro atoms. The molecular weight excluding hydrogens is 328 g/mol. The summed E-state index contributed by atoms with van der Waals surface area (Å²) in [6, 6.07) is 6.01. The quantitative estimate of drug-likeness (QED) is 0.889. The number of nitrogens with one attached hydrogen (secondary N) is 1. The van der Waals surface area contributed by atoms with Gasteiger partial charge in [0.2, 0.25) is 5.91 Å². The highest BCUT2D eigenvalue weighted by Gasteiger charge is 2.31. The molecule has 1 aromatic heterocycles. The number of hydrogen-bond donors (Lipinski definition) is 1. The van der Waals surface area contributed by atoms with Crippen molar-refractivity contribution in [3.05, 3.63) is 41.2 Å². The Bertz CT molecular complexity index is 782. The fraction of sp³-hybridized carbons (Fsp3) is 0.550. The number of aryl methyl sites for hydroxylation is 3. The number of nitrogens with zero attached hydrogens (tertiary/aromatic N) is 3. The maximum absolute atomic E-state index is 12.2. The van der Waals surface area contributed by atoms with Gasteiger partial charge in [0.25, 0.3) is 0 Å². The number of ether oxygens (including phenoxy) is 1. The molecule has 0 unspecified atom stereocenters. The first-order valence-electron chi connectivity index (χ1n) is 9.23. The highest BCUT2D eigenvalue weighted by Crippen LogP contribution is 2.34. The molecule has 3 rings (SSSR count). The summed E-state index contributed by atoms with van der Waals surface area (Å²) in [7, 11) is 0. The Kier molecular flexibility index (Phi) is 5.41. The Labute approximate surface area is 154 Å². The molecular formula is C20H28N4O2. The van der Waals surface area contributed by atoms with E-state index in [2.05, 4.69) is 35.5 Å². The molecule has 1 fully saturated rings. The van der Waals surface area contributed by atoms with Crippen LogP contribution in [0.4, 0.5) is 5.69 Å². The zero-order valence-corrected chi connectivity index (χ0v) is 16.1. The van der Waals surface area contributed by atoms with Crippen molar-refractivity contribution >= 4 is 11.6 Å². The van der Waals surface area contributed by atoms with Crippen molar-refractivity contribution < 1.29 is 9.53 Å². The fourth-order valence-corrected chi connectivity index (χ4v) is 3.48. The van der Waals surface area contributed by atoms with Crippen LogP contribution in [0.15, 0.2) is 24.4 Å². The van der Waals surface area contributed by atoms with Gasteiger partial charge in [-0.3, -0.25) is 9.48 Å². The van der Waals surface area contributed by atoms with Crippen LogP contribution in [-0.2, 0) is 16.1 Å². The molecule has 26 heavy (non-hydrogen) atoms. The molecule has 1 aliphatic heterocycles. The van der Waals surface area contributed by atoms with E-state index in [4.69, 9.17) is 4.74 Å². The zero-order chi connectivity index (χ0) is 18.7. The lowest BCUT2D eigenvalue weighted by Crippen LogP contribution is -2.33. The molecule has 2 heterocycles. The summed E-state index contributed by atoms with van der Waals surface area (Å²) in [5.74, 6) is 0.359. The standard InChI is InChI=1S/C20H28N4O2/c1-14-5-6-17(15(2)11-14)21-19(25)7-9-24-13-18(22-23-24)16-8-10-26-20(3,4)12-16/h5-6,11,13,16H,7-10,12H2,1-4H3,(H,21,25)/t16-/m0/s1. The molecule has 0 radical (unpaired) electrons. The first-order valence-corrected chi connectivity index (χ1v) is 9.23. The molecule has 1 aromatic carbocycles. The molecule has 1 aliphatic rings. The lowest BCUT2D eigenvalue weighted by Gasteiger charge is -2.34. The molecule has 1 atom stereocenters. The van der Waals surface area contributed by atoms with E-state index >= 15 is 0 Å². The minimum Gasteiger partial charge on any atom is -0.376 e. The maximum Gasteiger partial charge on any atom is 0.226 e. The summed E-state index contributed by atoms with van der Waals surface area (Å²) in [4.78, 5) is 12.2. The number of benzene rings is 1. The van der Waals surface area contributed by atoms with Gasteiger partial charge in [-0.05, 0) is 52.2 Å². The summed E-state index contributed by atoms with van der Waals surface area (Å²) in [6.07, 6.45) is 4.25. The van der Waals surface area contributed by atoms with Crippen molar-refractivity contribution in [1.82, 2.24) is 15.0 Å². The van der Waals surface area contributed by atoms with E-state index in [9.17, 15) is 4.79 Å². The summed E-state index contributed by atoms with van der Waals surface area (Å²) in [5.41, 5.74) is 4.01. The Hall–Kier alpha value is -2.21. The van der Waals surface area contributed by atoms with E-state index in [1.165, 1.54) is 5.56 Å². The number of hydrogen-bond acceptors (Lipinski definition) is 4. The van der Waals surface area contributed by atoms with E-state index < -0.39 is 0 Å². The van der Waals surface area contributed by atoms with Gasteiger partial charge in [-0.1, -0.05) is 22.9 Å². The summed E-state index contributed by atoms with van der Waals surface area (Å²) in [6.45, 7) is 9.54. The van der Waals surface area contributed by atoms with E-state index in [-0.39, 0.29) is 11.5 Å². The van der Waals surface area contributed by atoms with Gasteiger partial charge in [0, 0.05) is 30.8 Å². The van der Waals surface area contributed by atoms with Crippen molar-refractivity contribution in [1.29, 1.82) is 0 Å². The normalized spacial score (nSPS) is 19.3. The number of rotatable bonds is 5. The highest BCUT2D eigenvalue weighted by molar-refractivity contribution is 5.91. The van der Waals surface area contributed by atoms with Gasteiger partial charge in [-0.2, -0.15) is 0 Å². The SMILES string of the molecule is Cc1ccc(NC(=O)CCn2cc([C@H]3CCOC(C)(C)C3)nn2)c(C)c1. The van der Waals surface area contributed by atoms with E-state index in [0.29, 0.717) is 18.9 Å². The van der Waals surface area contributed by atoms with Crippen LogP contribution in [0.5, 0.6) is 0 Å². The molecule has 6 nitrogen and oxygen atoms in total. The molecule has 1 amide bonds. The second kappa shape index (κ2) is 7.58. The van der Waals surface area contributed by atoms with Crippen molar-refractivity contribution in [3.8, 4) is 0 Å². The molecule has 6 heteroatoms. The van der Waals surface area contributed by atoms with Crippen LogP contribution in [0.2, 0.25) is 0 Å². The van der Waals surface area contributed by atoms with Crippen molar-refractivity contribution in [2.45, 2.75) is 65.0 Å². The van der Waals surface area contributed by atoms with Crippen LogP contribution in [0.3, 0.4) is 0 Å². The first kappa shape index (κ1) is 18.6. The van der Waals surface area contributed by atoms with Gasteiger partial charge in [0.05, 0.1) is 17.8 Å². The van der Waals surface area contributed by atoms with E-state index in [1.54, 1.807) is 4.68 Å². The summed E-state index contributed by atoms with van der Waals surface area (Å²) < 4.78 is 7.53. The minimum atomic E-state index is -0.113. The molecule has 1 saturated heterocycles. The second-order valence-corrected chi connectivity index (χ2v) is 7.82. The number of carbonyl (C=O) groups excluding carboxylic acids is 1. The molecule has 0 aliphatic carbocycles. The van der Waals surface area contributed by atoms with Gasteiger partial charge in [0.1, 0.15) is 0 Å². The average Bonchev–Trinajstić information content (AvgIpc) is 3.04. The molecule has 0 bridgehead atoms. The van der Waals surface area contributed by atoms with Crippen LogP contribution < -0.4 is 5.32 Å². The third-order valence-electron chi connectivity index (χ3n) is 4.90. The largest absolute Gasteiger partial charge is 0.376 e. The predicted octanol–water partition coefficient (Wildman–Crippen LogP) is 3.60. The van der Waals surface area contributed by atoms with Gasteiger partial charge in [-0.25, -0.2) is 0 Å². The van der Waals surface area contributed by atoms with Gasteiger partial charge in [0.15, 0.2) is 0 Å². The smallest absolute Gasteiger partial charge is 0.226 e. The topological polar surface area (TPSA) is 69.0 Å². The zero-order valence-electron chi connectivity index (χ0n) is 16.1. The van der Waals surface area contributed by atoms with Crippen molar-refractivity contribution in [3.63, 3.8) is 0 Å². The van der Waals surface area contributed by atoms with Crippen LogP contribution in [0.25, 0.3) is 0 Å². The van der Waals surface area contributed by atoms with E-state index in [1.807, 2.05) is 32.2 Å². The average molecular weight is 356 g/mol. The maximum atomic E-state index is 12.2. The molecule has 0 saturated carbocycles. The Morgan fingerprint density at radius 1 is 1.38 bits per heavy atom. The van der Waals surface area contributed by atoms with Crippen LogP contribution in [0.1, 0.15) is 55.8 Å². The number of amides is 1. The molecule has 140 valence electrons. The lowest BCUT2D eigenvalue weighted by molar-refractivity contribution is -0.116.